The Labute approximate surface area is 185 Å². The number of benzene rings is 1. The molecule has 0 radical (unpaired) electrons. The largest absolute Gasteiger partial charge is 0.467 e. The maximum atomic E-state index is 13.4. The van der Waals surface area contributed by atoms with Gasteiger partial charge < -0.3 is 31.4 Å². The first-order chi connectivity index (χ1) is 15.3. The summed E-state index contributed by atoms with van der Waals surface area (Å²) in [5, 5.41) is 3.27. The van der Waals surface area contributed by atoms with E-state index in [2.05, 4.69) is 10.3 Å². The van der Waals surface area contributed by atoms with Crippen LogP contribution in [0.25, 0.3) is 10.9 Å². The maximum Gasteiger partial charge on any atom is 0.333 e. The number of hydrogen-bond acceptors (Lipinski definition) is 6. The van der Waals surface area contributed by atoms with Crippen molar-refractivity contribution >= 4 is 40.5 Å². The minimum absolute atomic E-state index is 0.0553. The van der Waals surface area contributed by atoms with Crippen molar-refractivity contribution in [3.63, 3.8) is 0 Å². The maximum absolute atomic E-state index is 13.4. The Hall–Kier alpha value is -3.60. The molecule has 3 atom stereocenters. The molecule has 0 aliphatic carbocycles. The highest BCUT2D eigenvalue weighted by Gasteiger charge is 2.42. The SMILES string of the molecule is CCC[C@H](NC(=O)[C@@H]1C[C@H](N)CN1C(=O)N(C(N)=O)c1c[nH]c2ccccc12)C(=O)OC. The van der Waals surface area contributed by atoms with Crippen LogP contribution in [0.2, 0.25) is 0 Å². The number of imide groups is 1. The lowest BCUT2D eigenvalue weighted by Gasteiger charge is -2.29. The molecule has 1 aromatic heterocycles. The molecule has 1 aromatic carbocycles. The number of nitrogens with zero attached hydrogens (tertiary/aromatic N) is 2. The average molecular weight is 444 g/mol. The van der Waals surface area contributed by atoms with Gasteiger partial charge in [0.1, 0.15) is 12.1 Å². The Balaban J connectivity index is 1.88. The highest BCUT2D eigenvalue weighted by molar-refractivity contribution is 6.18. The summed E-state index contributed by atoms with van der Waals surface area (Å²) in [5.41, 5.74) is 12.6. The van der Waals surface area contributed by atoms with Gasteiger partial charge in [-0.2, -0.15) is 0 Å². The van der Waals surface area contributed by atoms with E-state index in [-0.39, 0.29) is 18.7 Å². The van der Waals surface area contributed by atoms with Crippen molar-refractivity contribution in [2.24, 2.45) is 11.5 Å². The molecule has 2 heterocycles. The van der Waals surface area contributed by atoms with E-state index in [1.165, 1.54) is 18.2 Å². The number of methoxy groups -OCH3 is 1. The fourth-order valence-electron chi connectivity index (χ4n) is 3.96. The second-order valence-corrected chi connectivity index (χ2v) is 7.71. The van der Waals surface area contributed by atoms with Crippen LogP contribution in [0.15, 0.2) is 30.5 Å². The van der Waals surface area contributed by atoms with Crippen molar-refractivity contribution in [1.29, 1.82) is 0 Å². The second kappa shape index (κ2) is 9.69. The normalized spacial score (nSPS) is 18.9. The molecule has 0 unspecified atom stereocenters. The fourth-order valence-corrected chi connectivity index (χ4v) is 3.96. The van der Waals surface area contributed by atoms with Crippen molar-refractivity contribution < 1.29 is 23.9 Å². The number of primary amides is 1. The van der Waals surface area contributed by atoms with Crippen LogP contribution in [0.4, 0.5) is 15.3 Å². The van der Waals surface area contributed by atoms with Gasteiger partial charge in [-0.3, -0.25) is 4.79 Å². The molecule has 5 amide bonds. The zero-order chi connectivity index (χ0) is 23.4. The fraction of sp³-hybridized carbons (Fsp3) is 0.429. The van der Waals surface area contributed by atoms with Crippen molar-refractivity contribution in [1.82, 2.24) is 15.2 Å². The van der Waals surface area contributed by atoms with Crippen LogP contribution in [0.1, 0.15) is 26.2 Å². The number of carbonyl (C=O) groups excluding carboxylic acids is 4. The van der Waals surface area contributed by atoms with Gasteiger partial charge in [0.05, 0.1) is 12.8 Å². The summed E-state index contributed by atoms with van der Waals surface area (Å²) in [6.45, 7) is 1.93. The first kappa shape index (κ1) is 23.1. The van der Waals surface area contributed by atoms with Crippen LogP contribution >= 0.6 is 0 Å². The zero-order valence-corrected chi connectivity index (χ0v) is 18.0. The molecule has 1 fully saturated rings. The summed E-state index contributed by atoms with van der Waals surface area (Å²) in [7, 11) is 1.24. The van der Waals surface area contributed by atoms with E-state index in [0.717, 1.165) is 10.4 Å². The molecular formula is C21H28N6O5. The van der Waals surface area contributed by atoms with Gasteiger partial charge in [-0.15, -0.1) is 0 Å². The van der Waals surface area contributed by atoms with Gasteiger partial charge in [-0.1, -0.05) is 31.5 Å². The highest BCUT2D eigenvalue weighted by atomic mass is 16.5. The number of anilines is 1. The molecule has 0 spiro atoms. The Morgan fingerprint density at radius 3 is 2.69 bits per heavy atom. The van der Waals surface area contributed by atoms with Crippen LogP contribution in [0.3, 0.4) is 0 Å². The van der Waals surface area contributed by atoms with E-state index in [4.69, 9.17) is 16.2 Å². The minimum Gasteiger partial charge on any atom is -0.467 e. The standard InChI is InChI=1S/C21H28N6O5/c1-3-6-15(19(29)32-2)25-18(28)16-9-12(22)11-26(16)21(31)27(20(23)30)17-10-24-14-8-5-4-7-13(14)17/h4-5,7-8,10,12,15-16,24H,3,6,9,11,22H2,1-2H3,(H2,23,30)(H,25,28)/t12-,15-,16-/m0/s1. The summed E-state index contributed by atoms with van der Waals surface area (Å²) in [6, 6.07) is 3.09. The number of urea groups is 2. The predicted octanol–water partition coefficient (Wildman–Crippen LogP) is 1.03. The zero-order valence-electron chi connectivity index (χ0n) is 18.0. The Bertz CT molecular complexity index is 1020. The van der Waals surface area contributed by atoms with Crippen molar-refractivity contribution in [3.8, 4) is 0 Å². The molecule has 11 heteroatoms. The van der Waals surface area contributed by atoms with Crippen molar-refractivity contribution in [2.75, 3.05) is 18.6 Å². The lowest BCUT2D eigenvalue weighted by atomic mass is 10.1. The molecule has 32 heavy (non-hydrogen) atoms. The number of nitrogens with one attached hydrogen (secondary N) is 2. The summed E-state index contributed by atoms with van der Waals surface area (Å²) in [6.07, 6.45) is 2.71. The Morgan fingerprint density at radius 2 is 2.03 bits per heavy atom. The Morgan fingerprint density at radius 1 is 1.31 bits per heavy atom. The smallest absolute Gasteiger partial charge is 0.333 e. The molecule has 172 valence electrons. The minimum atomic E-state index is -0.988. The monoisotopic (exact) mass is 444 g/mol. The molecule has 0 saturated carbocycles. The van der Waals surface area contributed by atoms with E-state index in [1.54, 1.807) is 18.2 Å². The number of likely N-dealkylation sites (tertiary alicyclic amines) is 1. The van der Waals surface area contributed by atoms with Gasteiger partial charge in [0.2, 0.25) is 5.91 Å². The van der Waals surface area contributed by atoms with E-state index in [0.29, 0.717) is 18.2 Å². The van der Waals surface area contributed by atoms with Gasteiger partial charge in [-0.05, 0) is 18.9 Å². The first-order valence-corrected chi connectivity index (χ1v) is 10.4. The predicted molar refractivity (Wildman–Crippen MR) is 118 cm³/mol. The number of hydrogen-bond donors (Lipinski definition) is 4. The van der Waals surface area contributed by atoms with Gasteiger partial charge in [-0.25, -0.2) is 19.3 Å². The third-order valence-electron chi connectivity index (χ3n) is 5.48. The molecule has 0 bridgehead atoms. The lowest BCUT2D eigenvalue weighted by molar-refractivity contribution is -0.145. The number of nitrogens with two attached hydrogens (primary N) is 2. The molecule has 11 nitrogen and oxygen atoms in total. The van der Waals surface area contributed by atoms with Gasteiger partial charge in [0, 0.05) is 29.7 Å². The summed E-state index contributed by atoms with van der Waals surface area (Å²) < 4.78 is 4.75. The number of rotatable bonds is 6. The molecule has 3 rings (SSSR count). The van der Waals surface area contributed by atoms with Crippen molar-refractivity contribution in [2.45, 2.75) is 44.3 Å². The quantitative estimate of drug-likeness (QED) is 0.486. The topological polar surface area (TPSA) is 164 Å². The highest BCUT2D eigenvalue weighted by Crippen LogP contribution is 2.29. The number of aromatic nitrogens is 1. The molecular weight excluding hydrogens is 416 g/mol. The van der Waals surface area contributed by atoms with E-state index < -0.39 is 42.1 Å². The summed E-state index contributed by atoms with van der Waals surface area (Å²) in [4.78, 5) is 55.7. The number of para-hydroxylation sites is 1. The molecule has 2 aromatic rings. The van der Waals surface area contributed by atoms with E-state index >= 15 is 0 Å². The summed E-state index contributed by atoms with van der Waals surface area (Å²) >= 11 is 0. The van der Waals surface area contributed by atoms with Crippen LogP contribution in [0.5, 0.6) is 0 Å². The van der Waals surface area contributed by atoms with Gasteiger partial charge in [0.25, 0.3) is 0 Å². The summed E-state index contributed by atoms with van der Waals surface area (Å²) in [5.74, 6) is -1.11. The van der Waals surface area contributed by atoms with E-state index in [9.17, 15) is 19.2 Å². The number of ether oxygens (including phenoxy) is 1. The number of H-pyrrole nitrogens is 1. The van der Waals surface area contributed by atoms with Gasteiger partial charge in [0.15, 0.2) is 0 Å². The number of fused-ring (bicyclic) bond motifs is 1. The molecule has 1 aliphatic heterocycles. The van der Waals surface area contributed by atoms with Crippen molar-refractivity contribution in [3.05, 3.63) is 30.5 Å². The Kier molecular flexibility index (Phi) is 6.98. The number of esters is 1. The number of carbonyl (C=O) groups is 4. The van der Waals surface area contributed by atoms with Crippen LogP contribution < -0.4 is 21.7 Å². The number of aromatic amines is 1. The van der Waals surface area contributed by atoms with Crippen LogP contribution in [0, 0.1) is 0 Å². The molecule has 1 saturated heterocycles. The molecule has 6 N–H and O–H groups in total. The average Bonchev–Trinajstić information content (AvgIpc) is 3.36. The number of amides is 5. The third kappa shape index (κ3) is 4.52. The van der Waals surface area contributed by atoms with Crippen LogP contribution in [-0.2, 0) is 14.3 Å². The van der Waals surface area contributed by atoms with Crippen LogP contribution in [-0.4, -0.2) is 65.6 Å². The second-order valence-electron chi connectivity index (χ2n) is 7.71. The van der Waals surface area contributed by atoms with Gasteiger partial charge >= 0.3 is 18.0 Å². The van der Waals surface area contributed by atoms with E-state index in [1.807, 2.05) is 13.0 Å². The first-order valence-electron chi connectivity index (χ1n) is 10.4. The lowest BCUT2D eigenvalue weighted by Crippen LogP contribution is -2.55. The third-order valence-corrected chi connectivity index (χ3v) is 5.48. The molecule has 1 aliphatic rings.